The van der Waals surface area contributed by atoms with E-state index in [2.05, 4.69) is 59.6 Å². The molecule has 2 aromatic carbocycles. The van der Waals surface area contributed by atoms with Crippen molar-refractivity contribution >= 4 is 51.9 Å². The first-order chi connectivity index (χ1) is 27.7. The van der Waals surface area contributed by atoms with Gasteiger partial charge in [-0.15, -0.1) is 10.2 Å². The smallest absolute Gasteiger partial charge is 0.328 e. The quantitative estimate of drug-likeness (QED) is 0.201. The first-order valence-corrected chi connectivity index (χ1v) is 20.8. The van der Waals surface area contributed by atoms with Crippen molar-refractivity contribution in [3.63, 3.8) is 0 Å². The van der Waals surface area contributed by atoms with Gasteiger partial charge in [0.25, 0.3) is 5.91 Å². The number of piperidine rings is 2. The number of hydrogen-bond acceptors (Lipinski definition) is 9. The monoisotopic (exact) mass is 789 g/mol. The molecule has 0 bridgehead atoms. The number of hydrogen-bond donors (Lipinski definition) is 2. The highest BCUT2D eigenvalue weighted by atomic mass is 35.5. The lowest BCUT2D eigenvalue weighted by Crippen LogP contribution is -2.56. The number of aromatic nitrogens is 3. The van der Waals surface area contributed by atoms with E-state index in [1.165, 1.54) is 12.8 Å². The maximum absolute atomic E-state index is 13.1. The summed E-state index contributed by atoms with van der Waals surface area (Å²) >= 11 is 6.16. The van der Waals surface area contributed by atoms with Gasteiger partial charge in [0.05, 0.1) is 27.9 Å². The van der Waals surface area contributed by atoms with Crippen LogP contribution in [0.25, 0.3) is 10.9 Å². The van der Waals surface area contributed by atoms with E-state index in [0.717, 1.165) is 100.0 Å². The van der Waals surface area contributed by atoms with E-state index >= 15 is 0 Å². The molecule has 296 valence electrons. The summed E-state index contributed by atoms with van der Waals surface area (Å²) in [6.45, 7) is 4.49. The van der Waals surface area contributed by atoms with Crippen molar-refractivity contribution in [3.8, 4) is 11.8 Å². The Balaban J connectivity index is 0.707. The molecule has 5 aliphatic rings. The predicted molar refractivity (Wildman–Crippen MR) is 217 cm³/mol. The molecule has 2 saturated carbocycles. The molecule has 1 spiro atoms. The van der Waals surface area contributed by atoms with E-state index in [0.29, 0.717) is 52.5 Å². The average Bonchev–Trinajstić information content (AvgIpc) is 3.66. The fourth-order valence-electron chi connectivity index (χ4n) is 9.92. The van der Waals surface area contributed by atoms with Crippen molar-refractivity contribution in [2.24, 2.45) is 5.41 Å². The van der Waals surface area contributed by atoms with Crippen LogP contribution in [0.4, 0.5) is 16.3 Å². The zero-order chi connectivity index (χ0) is 39.1. The Hall–Kier alpha value is -5.19. The van der Waals surface area contributed by atoms with Gasteiger partial charge >= 0.3 is 6.03 Å². The molecule has 13 nitrogen and oxygen atoms in total. The number of ether oxygens (including phenoxy) is 1. The second-order valence-electron chi connectivity index (χ2n) is 16.6. The third-order valence-corrected chi connectivity index (χ3v) is 13.5. The standard InChI is InChI=1S/C43H48ClN9O4/c44-35-24-33(7-4-28(35)27-45)57-32-8-5-29(6-9-32)46-41(55)36-10-11-39(49-48-36)51-22-16-43(17-23-51)25-31(26-43)50-18-12-30(13-19-50)52-20-14-34-37(52)2-1-3-38(34)53-21-15-40(54)47-42(53)56/h1-4,7,10-11,14,20,24,29-32H,5-6,8-9,12-13,15-19,21-23,25-26H2,(H,46,55)(H,47,54,56). The SMILES string of the molecule is N#Cc1ccc(OC2CCC(NC(=O)c3ccc(N4CCC5(CC4)CC(N4CCC(n6ccc7c(N8CCC(=O)NC8=O)cccc76)CC4)C5)nn3)CC2)cc1Cl. The Kier molecular flexibility index (Phi) is 10.3. The van der Waals surface area contributed by atoms with Crippen LogP contribution in [-0.4, -0.2) is 88.4 Å². The molecule has 4 aromatic rings. The molecular formula is C43H48ClN9O4. The number of halogens is 1. The van der Waals surface area contributed by atoms with Gasteiger partial charge in [0, 0.05) is 74.9 Å². The minimum absolute atomic E-state index is 0.0376. The number of urea groups is 1. The van der Waals surface area contributed by atoms with Gasteiger partial charge in [-0.3, -0.25) is 19.8 Å². The number of carbonyl (C=O) groups is 3. The molecule has 5 fully saturated rings. The van der Waals surface area contributed by atoms with E-state index in [1.807, 2.05) is 18.2 Å². The number of carbonyl (C=O) groups excluding carboxylic acids is 3. The Morgan fingerprint density at radius 2 is 1.70 bits per heavy atom. The van der Waals surface area contributed by atoms with E-state index in [4.69, 9.17) is 21.6 Å². The van der Waals surface area contributed by atoms with E-state index in [9.17, 15) is 14.4 Å². The number of nitrogens with zero attached hydrogens (tertiary/aromatic N) is 7. The number of benzene rings is 2. The minimum Gasteiger partial charge on any atom is -0.490 e. The summed E-state index contributed by atoms with van der Waals surface area (Å²) in [5.41, 5.74) is 3.17. The molecule has 0 radical (unpaired) electrons. The van der Waals surface area contributed by atoms with Crippen molar-refractivity contribution in [1.82, 2.24) is 30.3 Å². The van der Waals surface area contributed by atoms with Gasteiger partial charge in [-0.1, -0.05) is 17.7 Å². The predicted octanol–water partition coefficient (Wildman–Crippen LogP) is 6.61. The zero-order valence-electron chi connectivity index (χ0n) is 32.0. The molecular weight excluding hydrogens is 742 g/mol. The van der Waals surface area contributed by atoms with E-state index < -0.39 is 0 Å². The summed E-state index contributed by atoms with van der Waals surface area (Å²) in [6, 6.07) is 19.9. The maximum Gasteiger partial charge on any atom is 0.328 e. The highest BCUT2D eigenvalue weighted by Crippen LogP contribution is 2.52. The molecule has 3 saturated heterocycles. The van der Waals surface area contributed by atoms with Crippen molar-refractivity contribution in [2.75, 3.05) is 42.5 Å². The van der Waals surface area contributed by atoms with Crippen LogP contribution < -0.4 is 25.2 Å². The maximum atomic E-state index is 13.1. The van der Waals surface area contributed by atoms with Gasteiger partial charge in [-0.25, -0.2) is 4.79 Å². The van der Waals surface area contributed by atoms with Crippen LogP contribution >= 0.6 is 11.6 Å². The van der Waals surface area contributed by atoms with Gasteiger partial charge in [0.15, 0.2) is 11.5 Å². The van der Waals surface area contributed by atoms with Crippen molar-refractivity contribution in [1.29, 1.82) is 5.26 Å². The normalized spacial score (nSPS) is 23.2. The number of amides is 4. The molecule has 0 unspecified atom stereocenters. The number of fused-ring (bicyclic) bond motifs is 1. The second-order valence-corrected chi connectivity index (χ2v) is 17.0. The fourth-order valence-corrected chi connectivity index (χ4v) is 10.1. The average molecular weight is 790 g/mol. The van der Waals surface area contributed by atoms with Crippen LogP contribution in [0.15, 0.2) is 60.8 Å². The van der Waals surface area contributed by atoms with Gasteiger partial charge in [0.1, 0.15) is 11.8 Å². The van der Waals surface area contributed by atoms with Gasteiger partial charge in [-0.05, 0) is 112 Å². The number of anilines is 2. The first-order valence-electron chi connectivity index (χ1n) is 20.4. The summed E-state index contributed by atoms with van der Waals surface area (Å²) in [7, 11) is 0. The van der Waals surface area contributed by atoms with Gasteiger partial charge < -0.3 is 24.4 Å². The number of nitrogens with one attached hydrogen (secondary N) is 2. The number of rotatable bonds is 8. The van der Waals surface area contributed by atoms with Crippen molar-refractivity contribution < 1.29 is 19.1 Å². The molecule has 5 heterocycles. The molecule has 0 atom stereocenters. The highest BCUT2D eigenvalue weighted by molar-refractivity contribution is 6.31. The summed E-state index contributed by atoms with van der Waals surface area (Å²) in [5.74, 6) is 1.07. The molecule has 9 rings (SSSR count). The molecule has 4 amide bonds. The Morgan fingerprint density at radius 1 is 0.912 bits per heavy atom. The second kappa shape index (κ2) is 15.6. The number of likely N-dealkylation sites (tertiary alicyclic amines) is 1. The van der Waals surface area contributed by atoms with Gasteiger partial charge in [0.2, 0.25) is 5.91 Å². The number of nitriles is 1. The van der Waals surface area contributed by atoms with E-state index in [1.54, 1.807) is 29.2 Å². The summed E-state index contributed by atoms with van der Waals surface area (Å²) in [5, 5.41) is 24.9. The summed E-state index contributed by atoms with van der Waals surface area (Å²) < 4.78 is 8.49. The lowest BCUT2D eigenvalue weighted by Gasteiger charge is -2.56. The topological polar surface area (TPSA) is 149 Å². The van der Waals surface area contributed by atoms with Crippen molar-refractivity contribution in [3.05, 3.63) is 77.1 Å². The van der Waals surface area contributed by atoms with E-state index in [-0.39, 0.29) is 30.0 Å². The molecule has 2 aromatic heterocycles. The Morgan fingerprint density at radius 3 is 2.40 bits per heavy atom. The van der Waals surface area contributed by atoms with Crippen LogP contribution in [-0.2, 0) is 4.79 Å². The van der Waals surface area contributed by atoms with Crippen LogP contribution in [0.3, 0.4) is 0 Å². The van der Waals surface area contributed by atoms with Crippen LogP contribution in [0.1, 0.15) is 92.7 Å². The summed E-state index contributed by atoms with van der Waals surface area (Å²) in [4.78, 5) is 44.0. The molecule has 2 aliphatic carbocycles. The first kappa shape index (κ1) is 37.4. The van der Waals surface area contributed by atoms with Crippen LogP contribution in [0.2, 0.25) is 5.02 Å². The molecule has 3 aliphatic heterocycles. The third kappa shape index (κ3) is 7.65. The zero-order valence-corrected chi connectivity index (χ0v) is 32.8. The van der Waals surface area contributed by atoms with Gasteiger partial charge in [-0.2, -0.15) is 5.26 Å². The van der Waals surface area contributed by atoms with Crippen LogP contribution in [0.5, 0.6) is 5.75 Å². The molecule has 57 heavy (non-hydrogen) atoms. The summed E-state index contributed by atoms with van der Waals surface area (Å²) in [6.07, 6.45) is 12.8. The third-order valence-electron chi connectivity index (χ3n) is 13.2. The lowest BCUT2D eigenvalue weighted by atomic mass is 9.60. The minimum atomic E-state index is -0.347. The molecule has 2 N–H and O–H groups in total. The number of imide groups is 1. The highest BCUT2D eigenvalue weighted by Gasteiger charge is 2.48. The van der Waals surface area contributed by atoms with Crippen LogP contribution in [0, 0.1) is 16.7 Å². The molecule has 14 heteroatoms. The Bertz CT molecular complexity index is 2190. The Labute approximate surface area is 337 Å². The fraction of sp³-hybridized carbons (Fsp3) is 0.488. The van der Waals surface area contributed by atoms with Crippen molar-refractivity contribution in [2.45, 2.75) is 94.9 Å². The largest absolute Gasteiger partial charge is 0.490 e. The lowest BCUT2D eigenvalue weighted by molar-refractivity contribution is -0.120.